The number of likely N-dealkylation sites (tertiary alicyclic amines) is 1. The monoisotopic (exact) mass is 329 g/mol. The van der Waals surface area contributed by atoms with Crippen molar-refractivity contribution in [3.05, 3.63) is 0 Å². The van der Waals surface area contributed by atoms with Crippen LogP contribution in [0.1, 0.15) is 32.1 Å². The fourth-order valence-corrected chi connectivity index (χ4v) is 3.16. The van der Waals surface area contributed by atoms with Crippen LogP contribution < -0.4 is 0 Å². The Morgan fingerprint density at radius 2 is 1.67 bits per heavy atom. The Bertz CT molecular complexity index is 347. The summed E-state index contributed by atoms with van der Waals surface area (Å²) in [6.07, 6.45) is -3.09. The molecule has 18 heavy (non-hydrogen) atoms. The molecule has 0 atom stereocenters. The Hall–Kier alpha value is -0.300. The molecule has 0 spiro atoms. The van der Waals surface area contributed by atoms with Crippen molar-refractivity contribution >= 4 is 21.8 Å². The van der Waals surface area contributed by atoms with E-state index >= 15 is 0 Å². The first-order valence-electron chi connectivity index (χ1n) is 5.95. The van der Waals surface area contributed by atoms with E-state index in [1.807, 2.05) is 0 Å². The maximum Gasteiger partial charge on any atom is 0.417 e. The number of piperidine rings is 1. The Labute approximate surface area is 111 Å². The highest BCUT2D eigenvalue weighted by Gasteiger charge is 2.56. The molecule has 1 saturated carbocycles. The van der Waals surface area contributed by atoms with Crippen LogP contribution in [-0.4, -0.2) is 45.1 Å². The van der Waals surface area contributed by atoms with E-state index in [0.29, 0.717) is 0 Å². The molecule has 1 N–H and O–H groups in total. The minimum Gasteiger partial charge on any atom is -0.380 e. The molecule has 2 aliphatic rings. The number of hydrogen-bond acceptors (Lipinski definition) is 2. The lowest BCUT2D eigenvalue weighted by atomic mass is 9.82. The van der Waals surface area contributed by atoms with Gasteiger partial charge in [-0.05, 0) is 19.3 Å². The van der Waals surface area contributed by atoms with Gasteiger partial charge in [0.2, 0.25) is 5.91 Å². The lowest BCUT2D eigenvalue weighted by Gasteiger charge is -2.44. The van der Waals surface area contributed by atoms with Gasteiger partial charge in [-0.1, -0.05) is 15.9 Å². The van der Waals surface area contributed by atoms with Crippen LogP contribution in [0.5, 0.6) is 0 Å². The average molecular weight is 330 g/mol. The van der Waals surface area contributed by atoms with Crippen molar-refractivity contribution < 1.29 is 23.1 Å². The van der Waals surface area contributed by atoms with Gasteiger partial charge in [-0.25, -0.2) is 0 Å². The summed E-state index contributed by atoms with van der Waals surface area (Å²) in [5, 5.41) is 9.51. The van der Waals surface area contributed by atoms with E-state index < -0.39 is 28.9 Å². The van der Waals surface area contributed by atoms with E-state index in [2.05, 4.69) is 15.9 Å². The van der Waals surface area contributed by atoms with E-state index in [-0.39, 0.29) is 19.0 Å². The third-order valence-electron chi connectivity index (χ3n) is 3.93. The second-order valence-corrected chi connectivity index (χ2v) is 6.66. The Morgan fingerprint density at radius 1 is 1.17 bits per heavy atom. The van der Waals surface area contributed by atoms with Gasteiger partial charge in [0.25, 0.3) is 0 Å². The van der Waals surface area contributed by atoms with Crippen molar-refractivity contribution in [1.82, 2.24) is 4.90 Å². The molecule has 1 aliphatic carbocycles. The Morgan fingerprint density at radius 3 is 2.00 bits per heavy atom. The zero-order valence-corrected chi connectivity index (χ0v) is 11.4. The number of aliphatic hydroxyl groups is 1. The van der Waals surface area contributed by atoms with E-state index in [9.17, 15) is 23.1 Å². The second-order valence-electron chi connectivity index (χ2n) is 5.14. The van der Waals surface area contributed by atoms with Gasteiger partial charge in [0.15, 0.2) is 5.60 Å². The van der Waals surface area contributed by atoms with Gasteiger partial charge < -0.3 is 10.0 Å². The summed E-state index contributed by atoms with van der Waals surface area (Å²) >= 11 is 3.36. The van der Waals surface area contributed by atoms with Crippen LogP contribution in [0.25, 0.3) is 0 Å². The summed E-state index contributed by atoms with van der Waals surface area (Å²) < 4.78 is 37.2. The number of carbonyl (C=O) groups excluding carboxylic acids is 1. The van der Waals surface area contributed by atoms with Crippen LogP contribution >= 0.6 is 15.9 Å². The molecule has 1 saturated heterocycles. The summed E-state index contributed by atoms with van der Waals surface area (Å²) in [6.45, 7) is -0.0790. The highest BCUT2D eigenvalue weighted by molar-refractivity contribution is 9.10. The fraction of sp³-hybridized carbons (Fsp3) is 0.909. The van der Waals surface area contributed by atoms with Gasteiger partial charge in [-0.15, -0.1) is 0 Å². The predicted molar refractivity (Wildman–Crippen MR) is 62.3 cm³/mol. The van der Waals surface area contributed by atoms with Crippen LogP contribution in [0.3, 0.4) is 0 Å². The van der Waals surface area contributed by atoms with Crippen LogP contribution in [0.4, 0.5) is 13.2 Å². The largest absolute Gasteiger partial charge is 0.417 e. The molecular formula is C11H15BrF3NO2. The average Bonchev–Trinajstić information content (AvgIpc) is 2.24. The zero-order valence-electron chi connectivity index (χ0n) is 9.76. The van der Waals surface area contributed by atoms with Gasteiger partial charge in [-0.2, -0.15) is 13.2 Å². The number of hydrogen-bond donors (Lipinski definition) is 1. The van der Waals surface area contributed by atoms with Crippen molar-refractivity contribution in [2.45, 2.75) is 48.2 Å². The minimum absolute atomic E-state index is 0.0395. The molecule has 0 aromatic heterocycles. The molecular weight excluding hydrogens is 315 g/mol. The second kappa shape index (κ2) is 4.37. The van der Waals surface area contributed by atoms with E-state index in [1.165, 1.54) is 4.90 Å². The molecule has 0 radical (unpaired) electrons. The maximum absolute atomic E-state index is 12.6. The summed E-state index contributed by atoms with van der Waals surface area (Å²) in [6, 6.07) is 0. The van der Waals surface area contributed by atoms with Crippen molar-refractivity contribution in [2.24, 2.45) is 0 Å². The van der Waals surface area contributed by atoms with Crippen LogP contribution in [-0.2, 0) is 4.79 Å². The minimum atomic E-state index is -4.62. The smallest absolute Gasteiger partial charge is 0.380 e. The Balaban J connectivity index is 1.97. The number of rotatable bonds is 1. The van der Waals surface area contributed by atoms with Gasteiger partial charge in [0, 0.05) is 25.9 Å². The number of nitrogens with zero attached hydrogens (tertiary/aromatic N) is 1. The van der Waals surface area contributed by atoms with E-state index in [0.717, 1.165) is 19.3 Å². The molecule has 104 valence electrons. The molecule has 7 heteroatoms. The highest BCUT2D eigenvalue weighted by atomic mass is 79.9. The first kappa shape index (κ1) is 14.1. The van der Waals surface area contributed by atoms with Crippen molar-refractivity contribution in [2.75, 3.05) is 13.1 Å². The molecule has 1 aliphatic heterocycles. The molecule has 0 aromatic carbocycles. The topological polar surface area (TPSA) is 40.5 Å². The first-order valence-corrected chi connectivity index (χ1v) is 6.75. The normalized spacial score (nSPS) is 26.6. The van der Waals surface area contributed by atoms with Crippen LogP contribution in [0.2, 0.25) is 0 Å². The molecule has 3 nitrogen and oxygen atoms in total. The summed E-state index contributed by atoms with van der Waals surface area (Å²) in [5.74, 6) is -0.141. The lowest BCUT2D eigenvalue weighted by Crippen LogP contribution is -2.58. The van der Waals surface area contributed by atoms with Gasteiger partial charge in [0.1, 0.15) is 4.32 Å². The standard InChI is InChI=1S/C11H15BrF3NO2/c12-9(2-1-3-9)8(17)16-6-4-10(18,5-7-16)11(13,14)15/h18H,1-7H2. The van der Waals surface area contributed by atoms with Crippen LogP contribution in [0, 0.1) is 0 Å². The fourth-order valence-electron chi connectivity index (χ4n) is 2.35. The molecule has 0 bridgehead atoms. The zero-order chi connectivity index (χ0) is 13.6. The molecule has 1 amide bonds. The molecule has 1 heterocycles. The predicted octanol–water partition coefficient (Wildman–Crippen LogP) is 2.22. The summed E-state index contributed by atoms with van der Waals surface area (Å²) in [7, 11) is 0. The van der Waals surface area contributed by atoms with Gasteiger partial charge in [-0.3, -0.25) is 4.79 Å². The van der Waals surface area contributed by atoms with E-state index in [1.54, 1.807) is 0 Å². The van der Waals surface area contributed by atoms with Gasteiger partial charge >= 0.3 is 6.18 Å². The third-order valence-corrected chi connectivity index (χ3v) is 5.07. The van der Waals surface area contributed by atoms with Crippen molar-refractivity contribution in [3.63, 3.8) is 0 Å². The molecule has 2 rings (SSSR count). The number of halogens is 4. The quantitative estimate of drug-likeness (QED) is 0.749. The van der Waals surface area contributed by atoms with Crippen molar-refractivity contribution in [3.8, 4) is 0 Å². The van der Waals surface area contributed by atoms with Crippen LogP contribution in [0.15, 0.2) is 0 Å². The number of alkyl halides is 4. The van der Waals surface area contributed by atoms with Gasteiger partial charge in [0.05, 0.1) is 0 Å². The SMILES string of the molecule is O=C(N1CCC(O)(C(F)(F)F)CC1)C1(Br)CCC1. The van der Waals surface area contributed by atoms with Crippen molar-refractivity contribution in [1.29, 1.82) is 0 Å². The highest BCUT2D eigenvalue weighted by Crippen LogP contribution is 2.44. The maximum atomic E-state index is 12.6. The number of amides is 1. The number of carbonyl (C=O) groups is 1. The summed E-state index contributed by atoms with van der Waals surface area (Å²) in [4.78, 5) is 13.5. The third kappa shape index (κ3) is 2.27. The molecule has 0 unspecified atom stereocenters. The molecule has 2 fully saturated rings. The molecule has 0 aromatic rings. The summed E-state index contributed by atoms with van der Waals surface area (Å²) in [5.41, 5.74) is -2.64. The van der Waals surface area contributed by atoms with E-state index in [4.69, 9.17) is 0 Å². The first-order chi connectivity index (χ1) is 8.18. The Kier molecular flexibility index (Phi) is 3.43. The lowest BCUT2D eigenvalue weighted by molar-refractivity contribution is -0.272.